The number of aromatic nitrogens is 3. The van der Waals surface area contributed by atoms with E-state index in [1.54, 1.807) is 6.07 Å². The molecule has 6 heteroatoms. The standard InChI is InChI=1S/C22H19N3O3/c1-13-8-9-19-17(10-13)18(11-15(3)23-19)22(26)27-12-20-24-21(25-28-20)16-7-5-4-6-14(16)2/h4-11H,12H2,1-3H3. The number of fused-ring (bicyclic) bond motifs is 1. The quantitative estimate of drug-likeness (QED) is 0.488. The summed E-state index contributed by atoms with van der Waals surface area (Å²) in [4.78, 5) is 21.5. The maximum Gasteiger partial charge on any atom is 0.339 e. The summed E-state index contributed by atoms with van der Waals surface area (Å²) in [5.41, 5.74) is 4.97. The Morgan fingerprint density at radius 3 is 2.68 bits per heavy atom. The van der Waals surface area contributed by atoms with Gasteiger partial charge in [-0.2, -0.15) is 4.98 Å². The van der Waals surface area contributed by atoms with Gasteiger partial charge in [0.1, 0.15) is 0 Å². The van der Waals surface area contributed by atoms with E-state index in [0.29, 0.717) is 11.4 Å². The summed E-state index contributed by atoms with van der Waals surface area (Å²) >= 11 is 0. The number of ether oxygens (including phenoxy) is 1. The molecule has 0 N–H and O–H groups in total. The third kappa shape index (κ3) is 3.49. The number of pyridine rings is 1. The SMILES string of the molecule is Cc1ccc2nc(C)cc(C(=O)OCc3nc(-c4ccccc4C)no3)c2c1. The van der Waals surface area contributed by atoms with Gasteiger partial charge in [-0.15, -0.1) is 0 Å². The van der Waals surface area contributed by atoms with Crippen LogP contribution in [0.5, 0.6) is 0 Å². The second kappa shape index (κ2) is 7.23. The Kier molecular flexibility index (Phi) is 4.61. The molecule has 0 saturated carbocycles. The summed E-state index contributed by atoms with van der Waals surface area (Å²) in [7, 11) is 0. The number of carbonyl (C=O) groups excluding carboxylic acids is 1. The Labute approximate surface area is 162 Å². The number of aryl methyl sites for hydroxylation is 3. The summed E-state index contributed by atoms with van der Waals surface area (Å²) in [5.74, 6) is 0.277. The number of nitrogens with zero attached hydrogens (tertiary/aromatic N) is 3. The van der Waals surface area contributed by atoms with E-state index < -0.39 is 5.97 Å². The number of benzene rings is 2. The van der Waals surface area contributed by atoms with E-state index in [1.807, 2.05) is 63.2 Å². The smallest absolute Gasteiger partial charge is 0.339 e. The number of esters is 1. The highest BCUT2D eigenvalue weighted by molar-refractivity contribution is 6.03. The Balaban J connectivity index is 1.55. The average Bonchev–Trinajstić information content (AvgIpc) is 3.15. The number of rotatable bonds is 4. The highest BCUT2D eigenvalue weighted by atomic mass is 16.6. The maximum atomic E-state index is 12.7. The first-order valence-electron chi connectivity index (χ1n) is 8.95. The van der Waals surface area contributed by atoms with Crippen LogP contribution in [0.25, 0.3) is 22.3 Å². The van der Waals surface area contributed by atoms with Crippen molar-refractivity contribution in [2.45, 2.75) is 27.4 Å². The van der Waals surface area contributed by atoms with Crippen molar-refractivity contribution in [1.29, 1.82) is 0 Å². The fraction of sp³-hybridized carbons (Fsp3) is 0.182. The fourth-order valence-corrected chi connectivity index (χ4v) is 3.09. The van der Waals surface area contributed by atoms with E-state index in [9.17, 15) is 4.79 Å². The lowest BCUT2D eigenvalue weighted by atomic mass is 10.1. The minimum Gasteiger partial charge on any atom is -0.452 e. The molecule has 0 aliphatic heterocycles. The molecule has 0 saturated heterocycles. The van der Waals surface area contributed by atoms with Crippen LogP contribution in [0.15, 0.2) is 53.1 Å². The van der Waals surface area contributed by atoms with Gasteiger partial charge < -0.3 is 9.26 Å². The van der Waals surface area contributed by atoms with E-state index in [1.165, 1.54) is 0 Å². The Hall–Kier alpha value is -3.54. The van der Waals surface area contributed by atoms with Crippen LogP contribution >= 0.6 is 0 Å². The molecule has 2 aromatic carbocycles. The zero-order chi connectivity index (χ0) is 19.7. The first-order valence-corrected chi connectivity index (χ1v) is 8.95. The molecule has 140 valence electrons. The van der Waals surface area contributed by atoms with Crippen molar-refractivity contribution < 1.29 is 14.1 Å². The normalized spacial score (nSPS) is 11.0. The van der Waals surface area contributed by atoms with Crippen LogP contribution in [-0.2, 0) is 11.3 Å². The lowest BCUT2D eigenvalue weighted by Crippen LogP contribution is -2.07. The molecule has 6 nitrogen and oxygen atoms in total. The predicted molar refractivity (Wildman–Crippen MR) is 105 cm³/mol. The molecule has 0 unspecified atom stereocenters. The minimum absolute atomic E-state index is 0.0909. The van der Waals surface area contributed by atoms with Crippen LogP contribution in [-0.4, -0.2) is 21.1 Å². The fourth-order valence-electron chi connectivity index (χ4n) is 3.09. The third-order valence-electron chi connectivity index (χ3n) is 4.49. The molecule has 0 atom stereocenters. The molecule has 0 spiro atoms. The lowest BCUT2D eigenvalue weighted by molar-refractivity contribution is 0.0432. The number of hydrogen-bond donors (Lipinski definition) is 0. The molecular formula is C22H19N3O3. The van der Waals surface area contributed by atoms with Gasteiger partial charge in [-0.1, -0.05) is 41.1 Å². The van der Waals surface area contributed by atoms with Gasteiger partial charge in [-0.3, -0.25) is 4.98 Å². The van der Waals surface area contributed by atoms with Crippen LogP contribution in [0.1, 0.15) is 33.1 Å². The second-order valence-corrected chi connectivity index (χ2v) is 6.73. The minimum atomic E-state index is -0.447. The van der Waals surface area contributed by atoms with Crippen LogP contribution in [0.2, 0.25) is 0 Å². The monoisotopic (exact) mass is 373 g/mol. The number of hydrogen-bond acceptors (Lipinski definition) is 6. The topological polar surface area (TPSA) is 78.1 Å². The van der Waals surface area contributed by atoms with Gasteiger partial charge >= 0.3 is 5.97 Å². The highest BCUT2D eigenvalue weighted by Crippen LogP contribution is 2.22. The Morgan fingerprint density at radius 2 is 1.86 bits per heavy atom. The van der Waals surface area contributed by atoms with E-state index in [0.717, 1.165) is 33.3 Å². The third-order valence-corrected chi connectivity index (χ3v) is 4.49. The van der Waals surface area contributed by atoms with E-state index in [-0.39, 0.29) is 12.5 Å². The van der Waals surface area contributed by atoms with Gasteiger partial charge in [-0.05, 0) is 44.5 Å². The zero-order valence-electron chi connectivity index (χ0n) is 15.9. The zero-order valence-corrected chi connectivity index (χ0v) is 15.9. The molecule has 4 aromatic rings. The van der Waals surface area contributed by atoms with Crippen molar-refractivity contribution in [2.75, 3.05) is 0 Å². The molecule has 0 bridgehead atoms. The van der Waals surface area contributed by atoms with Crippen LogP contribution in [0.4, 0.5) is 0 Å². The molecule has 0 fully saturated rings. The van der Waals surface area contributed by atoms with Gasteiger partial charge in [0.15, 0.2) is 6.61 Å². The van der Waals surface area contributed by atoms with Crippen LogP contribution in [0.3, 0.4) is 0 Å². The van der Waals surface area contributed by atoms with Crippen LogP contribution in [0, 0.1) is 20.8 Å². The lowest BCUT2D eigenvalue weighted by Gasteiger charge is -2.08. The van der Waals surface area contributed by atoms with Crippen molar-refractivity contribution in [3.05, 3.63) is 76.8 Å². The van der Waals surface area contributed by atoms with Crippen molar-refractivity contribution in [1.82, 2.24) is 15.1 Å². The first kappa shape index (κ1) is 17.9. The van der Waals surface area contributed by atoms with Gasteiger partial charge in [0.25, 0.3) is 5.89 Å². The van der Waals surface area contributed by atoms with Crippen molar-refractivity contribution in [3.63, 3.8) is 0 Å². The average molecular weight is 373 g/mol. The van der Waals surface area contributed by atoms with Crippen molar-refractivity contribution >= 4 is 16.9 Å². The molecule has 2 heterocycles. The van der Waals surface area contributed by atoms with E-state index >= 15 is 0 Å². The molecule has 2 aromatic heterocycles. The Bertz CT molecular complexity index is 1180. The van der Waals surface area contributed by atoms with E-state index in [2.05, 4.69) is 15.1 Å². The molecule has 4 rings (SSSR count). The largest absolute Gasteiger partial charge is 0.452 e. The summed E-state index contributed by atoms with van der Waals surface area (Å²) in [6.07, 6.45) is 0. The van der Waals surface area contributed by atoms with Gasteiger partial charge in [0.2, 0.25) is 5.82 Å². The van der Waals surface area contributed by atoms with Crippen LogP contribution < -0.4 is 0 Å². The molecule has 0 aliphatic carbocycles. The molecule has 0 radical (unpaired) electrons. The van der Waals surface area contributed by atoms with Gasteiger partial charge in [0, 0.05) is 16.6 Å². The highest BCUT2D eigenvalue weighted by Gasteiger charge is 2.16. The van der Waals surface area contributed by atoms with Crippen molar-refractivity contribution in [2.24, 2.45) is 0 Å². The predicted octanol–water partition coefficient (Wildman–Crippen LogP) is 4.57. The van der Waals surface area contributed by atoms with Gasteiger partial charge in [0.05, 0.1) is 11.1 Å². The maximum absolute atomic E-state index is 12.7. The van der Waals surface area contributed by atoms with Gasteiger partial charge in [-0.25, -0.2) is 4.79 Å². The summed E-state index contributed by atoms with van der Waals surface area (Å²) < 4.78 is 10.7. The summed E-state index contributed by atoms with van der Waals surface area (Å²) in [6, 6.07) is 15.3. The molecule has 28 heavy (non-hydrogen) atoms. The number of carbonyl (C=O) groups is 1. The van der Waals surface area contributed by atoms with E-state index in [4.69, 9.17) is 9.26 Å². The molecule has 0 aliphatic rings. The molecular weight excluding hydrogens is 354 g/mol. The Morgan fingerprint density at radius 1 is 1.04 bits per heavy atom. The summed E-state index contributed by atoms with van der Waals surface area (Å²) in [5, 5.41) is 4.75. The first-order chi connectivity index (χ1) is 13.5. The summed E-state index contributed by atoms with van der Waals surface area (Å²) in [6.45, 7) is 5.71. The molecule has 0 amide bonds. The second-order valence-electron chi connectivity index (χ2n) is 6.73. The van der Waals surface area contributed by atoms with Crippen molar-refractivity contribution in [3.8, 4) is 11.4 Å².